The Labute approximate surface area is 110 Å². The van der Waals surface area contributed by atoms with Crippen LogP contribution in [0.2, 0.25) is 0 Å². The summed E-state index contributed by atoms with van der Waals surface area (Å²) in [4.78, 5) is 18.5. The smallest absolute Gasteiger partial charge is 0.257 e. The summed E-state index contributed by atoms with van der Waals surface area (Å²) in [5, 5.41) is 7.92. The molecule has 1 atom stereocenters. The van der Waals surface area contributed by atoms with Crippen molar-refractivity contribution < 1.29 is 9.32 Å². The van der Waals surface area contributed by atoms with Gasteiger partial charge in [0.15, 0.2) is 0 Å². The zero-order valence-corrected chi connectivity index (χ0v) is 11.0. The van der Waals surface area contributed by atoms with Crippen LogP contribution in [0.3, 0.4) is 0 Å². The van der Waals surface area contributed by atoms with E-state index in [-0.39, 0.29) is 11.9 Å². The van der Waals surface area contributed by atoms with Crippen molar-refractivity contribution >= 4 is 17.0 Å². The molecule has 0 aromatic carbocycles. The highest BCUT2D eigenvalue weighted by atomic mass is 16.5. The Balaban J connectivity index is 1.94. The molecule has 0 aliphatic carbocycles. The quantitative estimate of drug-likeness (QED) is 0.827. The molecule has 1 aliphatic heterocycles. The monoisotopic (exact) mass is 260 g/mol. The number of carbonyl (C=O) groups is 1. The molecule has 1 N–H and O–H groups in total. The van der Waals surface area contributed by atoms with Crippen molar-refractivity contribution in [2.45, 2.75) is 19.9 Å². The highest BCUT2D eigenvalue weighted by molar-refractivity contribution is 5.97. The summed E-state index contributed by atoms with van der Waals surface area (Å²) in [6.07, 6.45) is 1.56. The van der Waals surface area contributed by atoms with Gasteiger partial charge in [0, 0.05) is 31.9 Å². The van der Waals surface area contributed by atoms with Crippen LogP contribution >= 0.6 is 0 Å². The largest absolute Gasteiger partial charge is 0.336 e. The van der Waals surface area contributed by atoms with Crippen LogP contribution in [0.4, 0.5) is 0 Å². The van der Waals surface area contributed by atoms with Crippen molar-refractivity contribution in [3.8, 4) is 0 Å². The van der Waals surface area contributed by atoms with Gasteiger partial charge in [-0.2, -0.15) is 0 Å². The van der Waals surface area contributed by atoms with E-state index in [0.717, 1.165) is 30.7 Å². The molecule has 1 aliphatic rings. The fourth-order valence-corrected chi connectivity index (χ4v) is 2.37. The molecule has 0 radical (unpaired) electrons. The minimum Gasteiger partial charge on any atom is -0.336 e. The minimum absolute atomic E-state index is 0.0176. The normalized spacial score (nSPS) is 19.9. The van der Waals surface area contributed by atoms with Crippen LogP contribution < -0.4 is 5.32 Å². The Morgan fingerprint density at radius 2 is 2.42 bits per heavy atom. The Hall–Kier alpha value is -1.95. The van der Waals surface area contributed by atoms with Crippen LogP contribution in [0.25, 0.3) is 11.1 Å². The summed E-state index contributed by atoms with van der Waals surface area (Å²) >= 11 is 0. The van der Waals surface area contributed by atoms with E-state index in [1.807, 2.05) is 24.8 Å². The maximum atomic E-state index is 12.5. The van der Waals surface area contributed by atoms with Crippen molar-refractivity contribution in [3.05, 3.63) is 23.5 Å². The van der Waals surface area contributed by atoms with Crippen molar-refractivity contribution in [1.29, 1.82) is 0 Å². The molecule has 3 rings (SSSR count). The second kappa shape index (κ2) is 4.62. The van der Waals surface area contributed by atoms with E-state index in [0.29, 0.717) is 11.3 Å². The predicted octanol–water partition coefficient (Wildman–Crippen LogP) is 0.965. The van der Waals surface area contributed by atoms with Gasteiger partial charge in [-0.3, -0.25) is 4.79 Å². The molecule has 1 fully saturated rings. The maximum absolute atomic E-state index is 12.5. The van der Waals surface area contributed by atoms with Crippen LogP contribution in [0.5, 0.6) is 0 Å². The first kappa shape index (κ1) is 12.1. The van der Waals surface area contributed by atoms with Gasteiger partial charge >= 0.3 is 0 Å². The van der Waals surface area contributed by atoms with Gasteiger partial charge in [-0.15, -0.1) is 0 Å². The molecule has 2 aromatic heterocycles. The molecule has 0 saturated carbocycles. The highest BCUT2D eigenvalue weighted by Gasteiger charge is 2.24. The number of hydrogen-bond acceptors (Lipinski definition) is 5. The number of nitrogens with zero attached hydrogens (tertiary/aromatic N) is 3. The van der Waals surface area contributed by atoms with Crippen LogP contribution in [0.15, 0.2) is 16.8 Å². The van der Waals surface area contributed by atoms with Crippen molar-refractivity contribution in [2.75, 3.05) is 19.6 Å². The highest BCUT2D eigenvalue weighted by Crippen LogP contribution is 2.18. The minimum atomic E-state index is 0.0176. The van der Waals surface area contributed by atoms with Crippen LogP contribution in [-0.4, -0.2) is 46.6 Å². The molecule has 0 unspecified atom stereocenters. The van der Waals surface area contributed by atoms with Gasteiger partial charge < -0.3 is 14.7 Å². The summed E-state index contributed by atoms with van der Waals surface area (Å²) in [6.45, 7) is 6.27. The Morgan fingerprint density at radius 3 is 3.21 bits per heavy atom. The van der Waals surface area contributed by atoms with E-state index < -0.39 is 0 Å². The zero-order valence-electron chi connectivity index (χ0n) is 11.0. The van der Waals surface area contributed by atoms with Gasteiger partial charge in [0.1, 0.15) is 0 Å². The second-order valence-electron chi connectivity index (χ2n) is 4.90. The number of pyridine rings is 1. The first-order chi connectivity index (χ1) is 9.16. The molecule has 6 heteroatoms. The third-order valence-electron chi connectivity index (χ3n) is 3.52. The predicted molar refractivity (Wildman–Crippen MR) is 69.9 cm³/mol. The summed E-state index contributed by atoms with van der Waals surface area (Å²) in [5.41, 5.74) is 1.82. The molecule has 0 bridgehead atoms. The van der Waals surface area contributed by atoms with E-state index in [4.69, 9.17) is 4.52 Å². The van der Waals surface area contributed by atoms with Gasteiger partial charge in [0.05, 0.1) is 16.6 Å². The second-order valence-corrected chi connectivity index (χ2v) is 4.90. The molecule has 2 aromatic rings. The number of amides is 1. The number of piperazine rings is 1. The number of aromatic nitrogens is 2. The molecule has 0 spiro atoms. The van der Waals surface area contributed by atoms with Crippen LogP contribution in [0, 0.1) is 6.92 Å². The Morgan fingerprint density at radius 1 is 1.58 bits per heavy atom. The van der Waals surface area contributed by atoms with E-state index >= 15 is 0 Å². The van der Waals surface area contributed by atoms with Crippen LogP contribution in [0.1, 0.15) is 23.0 Å². The molecule has 6 nitrogen and oxygen atoms in total. The van der Waals surface area contributed by atoms with Gasteiger partial charge in [-0.05, 0) is 19.9 Å². The van der Waals surface area contributed by atoms with Crippen molar-refractivity contribution in [3.63, 3.8) is 0 Å². The lowest BCUT2D eigenvalue weighted by molar-refractivity contribution is 0.0655. The fraction of sp³-hybridized carbons (Fsp3) is 0.462. The SMILES string of the molecule is Cc1noc2ncc(C(=O)N3CCNC[C@@H]3C)cc12. The molecular formula is C13H16N4O2. The molecule has 3 heterocycles. The average Bonchev–Trinajstić information content (AvgIpc) is 2.80. The third-order valence-corrected chi connectivity index (χ3v) is 3.52. The van der Waals surface area contributed by atoms with Gasteiger partial charge in [-0.25, -0.2) is 4.98 Å². The Kier molecular flexibility index (Phi) is 2.94. The summed E-state index contributed by atoms with van der Waals surface area (Å²) in [7, 11) is 0. The number of nitrogens with one attached hydrogen (secondary N) is 1. The molecular weight excluding hydrogens is 244 g/mol. The summed E-state index contributed by atoms with van der Waals surface area (Å²) in [6, 6.07) is 2.01. The lowest BCUT2D eigenvalue weighted by Crippen LogP contribution is -2.52. The number of carbonyl (C=O) groups excluding carboxylic acids is 1. The molecule has 1 amide bonds. The zero-order chi connectivity index (χ0) is 13.4. The maximum Gasteiger partial charge on any atom is 0.257 e. The lowest BCUT2D eigenvalue weighted by atomic mass is 10.1. The third kappa shape index (κ3) is 2.08. The standard InChI is InChI=1S/C13H16N4O2/c1-8-6-14-3-4-17(8)13(18)10-5-11-9(2)16-19-12(11)15-7-10/h5,7-8,14H,3-4,6H2,1-2H3/t8-/m0/s1. The number of aryl methyl sites for hydroxylation is 1. The first-order valence-corrected chi connectivity index (χ1v) is 6.40. The summed E-state index contributed by atoms with van der Waals surface area (Å²) < 4.78 is 5.05. The molecule has 100 valence electrons. The van der Waals surface area contributed by atoms with E-state index in [1.165, 1.54) is 0 Å². The van der Waals surface area contributed by atoms with Gasteiger partial charge in [0.2, 0.25) is 0 Å². The van der Waals surface area contributed by atoms with E-state index in [2.05, 4.69) is 15.5 Å². The number of fused-ring (bicyclic) bond motifs is 1. The average molecular weight is 260 g/mol. The van der Waals surface area contributed by atoms with Gasteiger partial charge in [-0.1, -0.05) is 5.16 Å². The summed E-state index contributed by atoms with van der Waals surface area (Å²) in [5.74, 6) is 0.0176. The topological polar surface area (TPSA) is 71.3 Å². The van der Waals surface area contributed by atoms with Gasteiger partial charge in [0.25, 0.3) is 11.6 Å². The number of hydrogen-bond donors (Lipinski definition) is 1. The lowest BCUT2D eigenvalue weighted by Gasteiger charge is -2.33. The van der Waals surface area contributed by atoms with Crippen molar-refractivity contribution in [1.82, 2.24) is 20.4 Å². The van der Waals surface area contributed by atoms with E-state index in [9.17, 15) is 4.79 Å². The number of rotatable bonds is 1. The van der Waals surface area contributed by atoms with E-state index in [1.54, 1.807) is 6.20 Å². The molecule has 19 heavy (non-hydrogen) atoms. The first-order valence-electron chi connectivity index (χ1n) is 6.40. The fourth-order valence-electron chi connectivity index (χ4n) is 2.37. The molecule has 1 saturated heterocycles. The van der Waals surface area contributed by atoms with Crippen molar-refractivity contribution in [2.24, 2.45) is 0 Å². The van der Waals surface area contributed by atoms with Crippen LogP contribution in [-0.2, 0) is 0 Å². The Bertz CT molecular complexity index is 622.